The van der Waals surface area contributed by atoms with Crippen LogP contribution in [-0.4, -0.2) is 36.2 Å². The number of piperidine rings is 1. The lowest BCUT2D eigenvalue weighted by Crippen LogP contribution is -2.44. The number of likely N-dealkylation sites (N-methyl/N-ethyl adjacent to an activating group) is 1. The Hall–Kier alpha value is -0.0800. The average Bonchev–Trinajstić information content (AvgIpc) is 1.82. The highest BCUT2D eigenvalue weighted by Crippen LogP contribution is 2.32. The molecular formula is C10H21NO. The monoisotopic (exact) mass is 171 g/mol. The van der Waals surface area contributed by atoms with Crippen LogP contribution in [0, 0.1) is 11.3 Å². The van der Waals surface area contributed by atoms with Crippen LogP contribution in [0.2, 0.25) is 0 Å². The number of nitrogens with zero attached hydrogens (tertiary/aromatic N) is 1. The highest BCUT2D eigenvalue weighted by atomic mass is 16.3. The van der Waals surface area contributed by atoms with Crippen LogP contribution in [0.4, 0.5) is 0 Å². The van der Waals surface area contributed by atoms with Crippen molar-refractivity contribution < 1.29 is 5.11 Å². The van der Waals surface area contributed by atoms with E-state index in [-0.39, 0.29) is 6.10 Å². The highest BCUT2D eigenvalue weighted by Gasteiger charge is 2.31. The molecule has 0 aliphatic carbocycles. The number of hydrogen-bond donors (Lipinski definition) is 1. The van der Waals surface area contributed by atoms with Crippen molar-refractivity contribution in [3.8, 4) is 0 Å². The lowest BCUT2D eigenvalue weighted by Gasteiger charge is -2.40. The van der Waals surface area contributed by atoms with Crippen molar-refractivity contribution in [1.82, 2.24) is 4.90 Å². The topological polar surface area (TPSA) is 23.5 Å². The summed E-state index contributed by atoms with van der Waals surface area (Å²) in [5.41, 5.74) is 0.329. The lowest BCUT2D eigenvalue weighted by atomic mass is 9.75. The summed E-state index contributed by atoms with van der Waals surface area (Å²) in [7, 11) is 2.08. The molecule has 2 nitrogen and oxygen atoms in total. The first-order valence-electron chi connectivity index (χ1n) is 4.76. The zero-order valence-electron chi connectivity index (χ0n) is 8.67. The third-order valence-electron chi connectivity index (χ3n) is 2.84. The van der Waals surface area contributed by atoms with Crippen molar-refractivity contribution in [2.45, 2.75) is 33.3 Å². The highest BCUT2D eigenvalue weighted by molar-refractivity contribution is 4.84. The van der Waals surface area contributed by atoms with E-state index in [0.29, 0.717) is 11.3 Å². The molecule has 0 saturated carbocycles. The Kier molecular flexibility index (Phi) is 2.79. The van der Waals surface area contributed by atoms with E-state index in [4.69, 9.17) is 0 Å². The van der Waals surface area contributed by atoms with E-state index in [0.717, 1.165) is 19.5 Å². The third-order valence-corrected chi connectivity index (χ3v) is 2.84. The minimum absolute atomic E-state index is 0.118. The first-order valence-corrected chi connectivity index (χ1v) is 4.76. The summed E-state index contributed by atoms with van der Waals surface area (Å²) in [5, 5.41) is 9.57. The van der Waals surface area contributed by atoms with Crippen molar-refractivity contribution in [1.29, 1.82) is 0 Å². The van der Waals surface area contributed by atoms with E-state index in [1.54, 1.807) is 0 Å². The van der Waals surface area contributed by atoms with Crippen LogP contribution in [0.3, 0.4) is 0 Å². The Morgan fingerprint density at radius 1 is 1.25 bits per heavy atom. The molecule has 2 heteroatoms. The second-order valence-corrected chi connectivity index (χ2v) is 5.17. The molecule has 0 amide bonds. The normalized spacial score (nSPS) is 33.8. The van der Waals surface area contributed by atoms with Crippen LogP contribution in [0.25, 0.3) is 0 Å². The van der Waals surface area contributed by atoms with Crippen LogP contribution in [-0.2, 0) is 0 Å². The molecule has 0 aromatic carbocycles. The maximum atomic E-state index is 9.57. The number of hydrogen-bond acceptors (Lipinski definition) is 2. The lowest BCUT2D eigenvalue weighted by molar-refractivity contribution is 0.0157. The zero-order valence-corrected chi connectivity index (χ0v) is 8.67. The van der Waals surface area contributed by atoms with Crippen molar-refractivity contribution >= 4 is 0 Å². The molecule has 1 aliphatic rings. The summed E-state index contributed by atoms with van der Waals surface area (Å²) in [6, 6.07) is 0. The predicted molar refractivity (Wildman–Crippen MR) is 51.1 cm³/mol. The van der Waals surface area contributed by atoms with Crippen LogP contribution in [0.15, 0.2) is 0 Å². The smallest absolute Gasteiger partial charge is 0.0670 e. The van der Waals surface area contributed by atoms with Gasteiger partial charge in [0.1, 0.15) is 0 Å². The van der Waals surface area contributed by atoms with E-state index in [9.17, 15) is 5.11 Å². The summed E-state index contributed by atoms with van der Waals surface area (Å²) in [5.74, 6) is 0.631. The summed E-state index contributed by atoms with van der Waals surface area (Å²) >= 11 is 0. The van der Waals surface area contributed by atoms with Gasteiger partial charge in [-0.15, -0.1) is 0 Å². The van der Waals surface area contributed by atoms with E-state index in [1.165, 1.54) is 0 Å². The van der Waals surface area contributed by atoms with E-state index < -0.39 is 0 Å². The Morgan fingerprint density at radius 2 is 1.83 bits per heavy atom. The van der Waals surface area contributed by atoms with Gasteiger partial charge in [-0.3, -0.25) is 0 Å². The fourth-order valence-corrected chi connectivity index (χ4v) is 1.92. The minimum Gasteiger partial charge on any atom is -0.392 e. The van der Waals surface area contributed by atoms with E-state index in [2.05, 4.69) is 32.7 Å². The Labute approximate surface area is 75.6 Å². The molecule has 1 heterocycles. The van der Waals surface area contributed by atoms with Gasteiger partial charge in [-0.1, -0.05) is 20.8 Å². The van der Waals surface area contributed by atoms with Gasteiger partial charge in [0.2, 0.25) is 0 Å². The molecule has 1 rings (SSSR count). The molecule has 2 atom stereocenters. The molecule has 12 heavy (non-hydrogen) atoms. The molecule has 1 saturated heterocycles. The fraction of sp³-hybridized carbons (Fsp3) is 1.00. The van der Waals surface area contributed by atoms with Gasteiger partial charge >= 0.3 is 0 Å². The first kappa shape index (κ1) is 10.0. The molecule has 0 bridgehead atoms. The SMILES string of the molecule is CN1C[C@H](O)C[C@H](C(C)(C)C)C1. The third kappa shape index (κ3) is 2.46. The minimum atomic E-state index is -0.118. The summed E-state index contributed by atoms with van der Waals surface area (Å²) in [4.78, 5) is 2.23. The Bertz CT molecular complexity index is 140. The number of aliphatic hydroxyl groups excluding tert-OH is 1. The second-order valence-electron chi connectivity index (χ2n) is 5.17. The van der Waals surface area contributed by atoms with Crippen LogP contribution in [0.5, 0.6) is 0 Å². The Morgan fingerprint density at radius 3 is 2.25 bits per heavy atom. The number of likely N-dealkylation sites (tertiary alicyclic amines) is 1. The van der Waals surface area contributed by atoms with Gasteiger partial charge in [-0.25, -0.2) is 0 Å². The number of β-amino-alcohol motifs (C(OH)–C–C–N with tert-alkyl or cyclic N) is 1. The number of aliphatic hydroxyl groups is 1. The molecule has 0 unspecified atom stereocenters. The molecule has 0 spiro atoms. The van der Waals surface area contributed by atoms with Gasteiger partial charge in [-0.05, 0) is 24.8 Å². The number of rotatable bonds is 0. The fourth-order valence-electron chi connectivity index (χ4n) is 1.92. The molecule has 1 N–H and O–H groups in total. The maximum absolute atomic E-state index is 9.57. The standard InChI is InChI=1S/C10H21NO/c1-10(2,3)8-5-9(12)7-11(4)6-8/h8-9,12H,5-7H2,1-4H3/t8-,9+/m0/s1. The molecule has 1 aliphatic heterocycles. The first-order chi connectivity index (χ1) is 5.39. The van der Waals surface area contributed by atoms with Crippen molar-refractivity contribution in [3.63, 3.8) is 0 Å². The average molecular weight is 171 g/mol. The molecule has 0 radical (unpaired) electrons. The molecule has 0 aromatic rings. The maximum Gasteiger partial charge on any atom is 0.0670 e. The summed E-state index contributed by atoms with van der Waals surface area (Å²) in [6.45, 7) is 8.73. The van der Waals surface area contributed by atoms with E-state index in [1.807, 2.05) is 0 Å². The van der Waals surface area contributed by atoms with Gasteiger partial charge in [0.15, 0.2) is 0 Å². The van der Waals surface area contributed by atoms with Crippen molar-refractivity contribution in [2.75, 3.05) is 20.1 Å². The van der Waals surface area contributed by atoms with Crippen LogP contribution in [0.1, 0.15) is 27.2 Å². The molecule has 72 valence electrons. The molecule has 1 fully saturated rings. The molecular weight excluding hydrogens is 150 g/mol. The predicted octanol–water partition coefficient (Wildman–Crippen LogP) is 1.35. The van der Waals surface area contributed by atoms with Crippen LogP contribution >= 0.6 is 0 Å². The summed E-state index contributed by atoms with van der Waals surface area (Å²) < 4.78 is 0. The van der Waals surface area contributed by atoms with Gasteiger partial charge < -0.3 is 10.0 Å². The second kappa shape index (κ2) is 3.35. The van der Waals surface area contributed by atoms with Gasteiger partial charge in [0.05, 0.1) is 6.10 Å². The quantitative estimate of drug-likeness (QED) is 0.594. The van der Waals surface area contributed by atoms with E-state index >= 15 is 0 Å². The van der Waals surface area contributed by atoms with Crippen molar-refractivity contribution in [3.05, 3.63) is 0 Å². The summed E-state index contributed by atoms with van der Waals surface area (Å²) in [6.07, 6.45) is 0.848. The molecule has 0 aromatic heterocycles. The zero-order chi connectivity index (χ0) is 9.35. The van der Waals surface area contributed by atoms with Gasteiger partial charge in [0, 0.05) is 13.1 Å². The van der Waals surface area contributed by atoms with Gasteiger partial charge in [-0.2, -0.15) is 0 Å². The van der Waals surface area contributed by atoms with Crippen molar-refractivity contribution in [2.24, 2.45) is 11.3 Å². The largest absolute Gasteiger partial charge is 0.392 e. The Balaban J connectivity index is 2.55. The van der Waals surface area contributed by atoms with Gasteiger partial charge in [0.25, 0.3) is 0 Å². The van der Waals surface area contributed by atoms with Crippen LogP contribution < -0.4 is 0 Å².